The zero-order valence-electron chi connectivity index (χ0n) is 15.0. The predicted octanol–water partition coefficient (Wildman–Crippen LogP) is 1.87. The number of pyridine rings is 1. The fourth-order valence-corrected chi connectivity index (χ4v) is 3.14. The number of anilines is 1. The van der Waals surface area contributed by atoms with Gasteiger partial charge in [0.25, 0.3) is 0 Å². The van der Waals surface area contributed by atoms with Crippen molar-refractivity contribution in [2.75, 3.05) is 32.1 Å². The molecule has 1 saturated heterocycles. The number of nitrogens with zero attached hydrogens (tertiary/aromatic N) is 2. The lowest BCUT2D eigenvalue weighted by molar-refractivity contribution is -0.118. The van der Waals surface area contributed by atoms with Gasteiger partial charge < -0.3 is 20.3 Å². The molecular weight excluding hydrogens is 316 g/mol. The third-order valence-corrected chi connectivity index (χ3v) is 4.66. The van der Waals surface area contributed by atoms with Crippen molar-refractivity contribution in [3.63, 3.8) is 0 Å². The quantitative estimate of drug-likeness (QED) is 0.868. The van der Waals surface area contributed by atoms with Gasteiger partial charge in [0.05, 0.1) is 30.0 Å². The summed E-state index contributed by atoms with van der Waals surface area (Å²) >= 11 is 0. The first-order valence-electron chi connectivity index (χ1n) is 8.75. The molecule has 0 spiro atoms. The monoisotopic (exact) mass is 342 g/mol. The molecule has 1 aromatic heterocycles. The Morgan fingerprint density at radius 2 is 2.16 bits per heavy atom. The first-order chi connectivity index (χ1) is 12.0. The van der Waals surface area contributed by atoms with Crippen molar-refractivity contribution in [2.24, 2.45) is 0 Å². The number of amides is 1. The maximum absolute atomic E-state index is 12.6. The van der Waals surface area contributed by atoms with Gasteiger partial charge in [-0.3, -0.25) is 9.78 Å². The molecule has 2 aromatic rings. The molecule has 6 nitrogen and oxygen atoms in total. The van der Waals surface area contributed by atoms with Crippen LogP contribution in [0.3, 0.4) is 0 Å². The number of hydrogen-bond acceptors (Lipinski definition) is 5. The summed E-state index contributed by atoms with van der Waals surface area (Å²) in [6.07, 6.45) is 1.84. The highest BCUT2D eigenvalue weighted by atomic mass is 16.5. The molecule has 3 atom stereocenters. The standard InChI is InChI=1S/C19H26N4O2/c1-13(18-12-23(3)10-11-25-18)21-14(2)19(24)22-17-8-4-7-16-15(17)6-5-9-20-16/h4-9,13-14,18,21H,10-12H2,1-3H3,(H,22,24). The second-order valence-electron chi connectivity index (χ2n) is 6.71. The van der Waals surface area contributed by atoms with Crippen LogP contribution < -0.4 is 10.6 Å². The van der Waals surface area contributed by atoms with E-state index in [2.05, 4.69) is 34.5 Å². The van der Waals surface area contributed by atoms with E-state index in [1.54, 1.807) is 6.20 Å². The number of morpholine rings is 1. The third-order valence-electron chi connectivity index (χ3n) is 4.66. The Bertz CT molecular complexity index is 731. The summed E-state index contributed by atoms with van der Waals surface area (Å²) in [4.78, 5) is 19.2. The van der Waals surface area contributed by atoms with Crippen LogP contribution in [0.15, 0.2) is 36.5 Å². The highest BCUT2D eigenvalue weighted by molar-refractivity contribution is 6.02. The second-order valence-corrected chi connectivity index (χ2v) is 6.71. The SMILES string of the molecule is CC(NC(C)C1CN(C)CCO1)C(=O)Nc1cccc2ncccc12. The summed E-state index contributed by atoms with van der Waals surface area (Å²) in [5, 5.41) is 7.31. The van der Waals surface area contributed by atoms with Crippen LogP contribution in [0.25, 0.3) is 10.9 Å². The molecule has 6 heteroatoms. The summed E-state index contributed by atoms with van der Waals surface area (Å²) in [6.45, 7) is 6.50. The van der Waals surface area contributed by atoms with Gasteiger partial charge in [-0.15, -0.1) is 0 Å². The van der Waals surface area contributed by atoms with E-state index in [0.29, 0.717) is 0 Å². The fourth-order valence-electron chi connectivity index (χ4n) is 3.14. The number of hydrogen-bond donors (Lipinski definition) is 2. The average Bonchev–Trinajstić information content (AvgIpc) is 2.62. The first kappa shape index (κ1) is 17.8. The van der Waals surface area contributed by atoms with Gasteiger partial charge in [-0.1, -0.05) is 6.07 Å². The molecule has 0 bridgehead atoms. The van der Waals surface area contributed by atoms with Crippen LogP contribution in [0.1, 0.15) is 13.8 Å². The van der Waals surface area contributed by atoms with Crippen LogP contribution in [-0.2, 0) is 9.53 Å². The topological polar surface area (TPSA) is 66.5 Å². The number of carbonyl (C=O) groups is 1. The van der Waals surface area contributed by atoms with Crippen molar-refractivity contribution in [2.45, 2.75) is 32.0 Å². The Hall–Kier alpha value is -2.02. The minimum atomic E-state index is -0.322. The van der Waals surface area contributed by atoms with Gasteiger partial charge in [0.1, 0.15) is 0 Å². The Labute approximate surface area is 148 Å². The summed E-state index contributed by atoms with van der Waals surface area (Å²) in [6, 6.07) is 9.35. The normalized spacial score (nSPS) is 21.0. The van der Waals surface area contributed by atoms with E-state index < -0.39 is 0 Å². The smallest absolute Gasteiger partial charge is 0.241 e. The molecule has 1 fully saturated rings. The van der Waals surface area contributed by atoms with Gasteiger partial charge in [0.15, 0.2) is 0 Å². The molecule has 0 aliphatic carbocycles. The van der Waals surface area contributed by atoms with Crippen LogP contribution in [0, 0.1) is 0 Å². The molecule has 134 valence electrons. The van der Waals surface area contributed by atoms with Crippen LogP contribution >= 0.6 is 0 Å². The summed E-state index contributed by atoms with van der Waals surface area (Å²) in [7, 11) is 2.09. The molecular formula is C19H26N4O2. The number of rotatable bonds is 5. The molecule has 2 N–H and O–H groups in total. The van der Waals surface area contributed by atoms with Crippen molar-refractivity contribution in [1.82, 2.24) is 15.2 Å². The molecule has 3 rings (SSSR count). The number of carbonyl (C=O) groups excluding carboxylic acids is 1. The number of nitrogens with one attached hydrogen (secondary N) is 2. The van der Waals surface area contributed by atoms with Crippen molar-refractivity contribution >= 4 is 22.5 Å². The minimum absolute atomic E-state index is 0.0626. The predicted molar refractivity (Wildman–Crippen MR) is 99.7 cm³/mol. The molecule has 1 aromatic carbocycles. The number of likely N-dealkylation sites (N-methyl/N-ethyl adjacent to an activating group) is 1. The lowest BCUT2D eigenvalue weighted by Crippen LogP contribution is -2.53. The van der Waals surface area contributed by atoms with Crippen molar-refractivity contribution in [3.8, 4) is 0 Å². The average molecular weight is 342 g/mol. The molecule has 2 heterocycles. The van der Waals surface area contributed by atoms with Crippen molar-refractivity contribution in [1.29, 1.82) is 0 Å². The van der Waals surface area contributed by atoms with Gasteiger partial charge in [-0.2, -0.15) is 0 Å². The highest BCUT2D eigenvalue weighted by Crippen LogP contribution is 2.21. The molecule has 1 amide bonds. The van der Waals surface area contributed by atoms with Gasteiger partial charge >= 0.3 is 0 Å². The Balaban J connectivity index is 1.62. The number of benzene rings is 1. The summed E-state index contributed by atoms with van der Waals surface area (Å²) < 4.78 is 5.82. The maximum atomic E-state index is 12.6. The van der Waals surface area contributed by atoms with Crippen molar-refractivity contribution in [3.05, 3.63) is 36.5 Å². The van der Waals surface area contributed by atoms with Gasteiger partial charge in [-0.05, 0) is 45.2 Å². The fraction of sp³-hybridized carbons (Fsp3) is 0.474. The van der Waals surface area contributed by atoms with Crippen molar-refractivity contribution < 1.29 is 9.53 Å². The van der Waals surface area contributed by atoms with E-state index in [-0.39, 0.29) is 24.1 Å². The maximum Gasteiger partial charge on any atom is 0.241 e. The Morgan fingerprint density at radius 3 is 2.96 bits per heavy atom. The largest absolute Gasteiger partial charge is 0.374 e. The Kier molecular flexibility index (Phi) is 5.63. The zero-order valence-corrected chi connectivity index (χ0v) is 15.0. The van der Waals surface area contributed by atoms with Gasteiger partial charge in [-0.25, -0.2) is 0 Å². The highest BCUT2D eigenvalue weighted by Gasteiger charge is 2.26. The van der Waals surface area contributed by atoms with Crippen LogP contribution in [0.2, 0.25) is 0 Å². The summed E-state index contributed by atoms with van der Waals surface area (Å²) in [5.41, 5.74) is 1.65. The van der Waals surface area contributed by atoms with E-state index in [1.165, 1.54) is 0 Å². The lowest BCUT2D eigenvalue weighted by atomic mass is 10.1. The third kappa shape index (κ3) is 4.34. The van der Waals surface area contributed by atoms with E-state index in [0.717, 1.165) is 36.3 Å². The van der Waals surface area contributed by atoms with Gasteiger partial charge in [0, 0.05) is 30.7 Å². The van der Waals surface area contributed by atoms with Crippen LogP contribution in [-0.4, -0.2) is 60.7 Å². The molecule has 1 aliphatic rings. The summed E-state index contributed by atoms with van der Waals surface area (Å²) in [5.74, 6) is -0.0626. The van der Waals surface area contributed by atoms with E-state index >= 15 is 0 Å². The number of fused-ring (bicyclic) bond motifs is 1. The van der Waals surface area contributed by atoms with E-state index in [4.69, 9.17) is 4.74 Å². The molecule has 3 unspecified atom stereocenters. The first-order valence-corrected chi connectivity index (χ1v) is 8.75. The number of ether oxygens (including phenoxy) is 1. The molecule has 25 heavy (non-hydrogen) atoms. The second kappa shape index (κ2) is 7.91. The lowest BCUT2D eigenvalue weighted by Gasteiger charge is -2.35. The zero-order chi connectivity index (χ0) is 17.8. The van der Waals surface area contributed by atoms with E-state index in [1.807, 2.05) is 37.3 Å². The Morgan fingerprint density at radius 1 is 1.32 bits per heavy atom. The van der Waals surface area contributed by atoms with E-state index in [9.17, 15) is 4.79 Å². The minimum Gasteiger partial charge on any atom is -0.374 e. The molecule has 0 saturated carbocycles. The van der Waals surface area contributed by atoms with Gasteiger partial charge in [0.2, 0.25) is 5.91 Å². The molecule has 1 aliphatic heterocycles. The van der Waals surface area contributed by atoms with Crippen LogP contribution in [0.4, 0.5) is 5.69 Å². The number of aromatic nitrogens is 1. The van der Waals surface area contributed by atoms with Crippen LogP contribution in [0.5, 0.6) is 0 Å². The molecule has 0 radical (unpaired) electrons.